The van der Waals surface area contributed by atoms with Crippen LogP contribution in [0.25, 0.3) is 0 Å². The first-order chi connectivity index (χ1) is 8.11. The van der Waals surface area contributed by atoms with Crippen molar-refractivity contribution in [3.63, 3.8) is 0 Å². The summed E-state index contributed by atoms with van der Waals surface area (Å²) in [5.41, 5.74) is 0.745. The van der Waals surface area contributed by atoms with E-state index in [-0.39, 0.29) is 0 Å². The molecule has 0 aliphatic carbocycles. The molecule has 2 rings (SSSR count). The van der Waals surface area contributed by atoms with Crippen LogP contribution in [0.5, 0.6) is 5.75 Å². The third-order valence-electron chi connectivity index (χ3n) is 2.40. The molecule has 0 bridgehead atoms. The van der Waals surface area contributed by atoms with Gasteiger partial charge in [-0.15, -0.1) is 11.3 Å². The number of aryl methyl sites for hydroxylation is 1. The molecule has 1 N–H and O–H groups in total. The molecular weight excluding hydrogens is 258 g/mol. The van der Waals surface area contributed by atoms with E-state index in [1.165, 1.54) is 11.3 Å². The molecule has 1 aromatic heterocycles. The Labute approximate surface area is 109 Å². The quantitative estimate of drug-likeness (QED) is 0.930. The van der Waals surface area contributed by atoms with Crippen molar-refractivity contribution < 1.29 is 9.84 Å². The molecule has 17 heavy (non-hydrogen) atoms. The zero-order valence-corrected chi connectivity index (χ0v) is 11.0. The Balaban J connectivity index is 2.34. The van der Waals surface area contributed by atoms with E-state index in [4.69, 9.17) is 16.3 Å². The lowest BCUT2D eigenvalue weighted by Gasteiger charge is -2.11. The Kier molecular flexibility index (Phi) is 3.66. The second-order valence-corrected chi connectivity index (χ2v) is 5.25. The number of thiazole rings is 1. The average Bonchev–Trinajstić information content (AvgIpc) is 2.75. The maximum Gasteiger partial charge on any atom is 0.137 e. The van der Waals surface area contributed by atoms with Crippen LogP contribution in [0.1, 0.15) is 21.6 Å². The van der Waals surface area contributed by atoms with Gasteiger partial charge in [0, 0.05) is 6.20 Å². The minimum Gasteiger partial charge on any atom is -0.495 e. The standard InChI is InChI=1S/C12H12ClNO2S/c1-7-14-6-11(17-7)12(15)8-3-4-9(13)10(5-8)16-2/h3-6,12,15H,1-2H3. The fourth-order valence-corrected chi connectivity index (χ4v) is 2.51. The van der Waals surface area contributed by atoms with Gasteiger partial charge in [-0.1, -0.05) is 17.7 Å². The van der Waals surface area contributed by atoms with Crippen molar-refractivity contribution in [2.75, 3.05) is 7.11 Å². The van der Waals surface area contributed by atoms with E-state index in [1.54, 1.807) is 31.5 Å². The molecule has 5 heteroatoms. The highest BCUT2D eigenvalue weighted by molar-refractivity contribution is 7.11. The molecule has 0 amide bonds. The molecule has 0 saturated heterocycles. The van der Waals surface area contributed by atoms with Gasteiger partial charge in [0.05, 0.1) is 22.0 Å². The molecule has 0 fully saturated rings. The lowest BCUT2D eigenvalue weighted by Crippen LogP contribution is -1.98. The zero-order chi connectivity index (χ0) is 12.4. The fourth-order valence-electron chi connectivity index (χ4n) is 1.51. The number of methoxy groups -OCH3 is 1. The number of benzene rings is 1. The second-order valence-electron chi connectivity index (χ2n) is 3.58. The first kappa shape index (κ1) is 12.4. The molecule has 0 spiro atoms. The Morgan fingerprint density at radius 3 is 2.82 bits per heavy atom. The zero-order valence-electron chi connectivity index (χ0n) is 9.48. The number of nitrogens with zero attached hydrogens (tertiary/aromatic N) is 1. The number of hydrogen-bond acceptors (Lipinski definition) is 4. The van der Waals surface area contributed by atoms with E-state index in [9.17, 15) is 5.11 Å². The molecule has 2 aromatic rings. The first-order valence-corrected chi connectivity index (χ1v) is 6.25. The lowest BCUT2D eigenvalue weighted by molar-refractivity contribution is 0.223. The third-order valence-corrected chi connectivity index (χ3v) is 3.68. The van der Waals surface area contributed by atoms with Gasteiger partial charge < -0.3 is 9.84 Å². The molecule has 3 nitrogen and oxygen atoms in total. The Morgan fingerprint density at radius 2 is 2.24 bits per heavy atom. The highest BCUT2D eigenvalue weighted by Gasteiger charge is 2.14. The van der Waals surface area contributed by atoms with Crippen LogP contribution in [0.3, 0.4) is 0 Å². The molecule has 1 aromatic carbocycles. The molecule has 1 unspecified atom stereocenters. The van der Waals surface area contributed by atoms with Crippen molar-refractivity contribution in [2.24, 2.45) is 0 Å². The van der Waals surface area contributed by atoms with Gasteiger partial charge in [0.15, 0.2) is 0 Å². The van der Waals surface area contributed by atoms with Gasteiger partial charge in [-0.3, -0.25) is 0 Å². The van der Waals surface area contributed by atoms with E-state index in [0.29, 0.717) is 10.8 Å². The van der Waals surface area contributed by atoms with Crippen molar-refractivity contribution in [3.05, 3.63) is 44.9 Å². The van der Waals surface area contributed by atoms with Crippen molar-refractivity contribution >= 4 is 22.9 Å². The summed E-state index contributed by atoms with van der Waals surface area (Å²) in [6.45, 7) is 1.91. The lowest BCUT2D eigenvalue weighted by atomic mass is 10.1. The summed E-state index contributed by atoms with van der Waals surface area (Å²) in [7, 11) is 1.55. The normalized spacial score (nSPS) is 12.5. The number of aliphatic hydroxyl groups excluding tert-OH is 1. The van der Waals surface area contributed by atoms with E-state index in [0.717, 1.165) is 15.4 Å². The molecule has 0 aliphatic rings. The average molecular weight is 270 g/mol. The maximum atomic E-state index is 10.2. The minimum absolute atomic E-state index is 0.531. The summed E-state index contributed by atoms with van der Waals surface area (Å²) in [5.74, 6) is 0.560. The van der Waals surface area contributed by atoms with Crippen LogP contribution >= 0.6 is 22.9 Å². The van der Waals surface area contributed by atoms with Gasteiger partial charge in [-0.05, 0) is 24.6 Å². The maximum absolute atomic E-state index is 10.2. The Bertz CT molecular complexity index is 527. The highest BCUT2D eigenvalue weighted by atomic mass is 35.5. The minimum atomic E-state index is -0.688. The molecule has 90 valence electrons. The van der Waals surface area contributed by atoms with Gasteiger partial charge in [0.1, 0.15) is 11.9 Å². The monoisotopic (exact) mass is 269 g/mol. The summed E-state index contributed by atoms with van der Waals surface area (Å²) in [6, 6.07) is 5.24. The number of ether oxygens (including phenoxy) is 1. The van der Waals surface area contributed by atoms with Crippen LogP contribution in [0.2, 0.25) is 5.02 Å². The molecule has 0 saturated carbocycles. The largest absolute Gasteiger partial charge is 0.495 e. The third kappa shape index (κ3) is 2.60. The van der Waals surface area contributed by atoms with Gasteiger partial charge in [-0.25, -0.2) is 4.98 Å². The molecule has 0 aliphatic heterocycles. The number of rotatable bonds is 3. The number of hydrogen-bond donors (Lipinski definition) is 1. The predicted octanol–water partition coefficient (Wildman–Crippen LogP) is 3.20. The molecule has 0 radical (unpaired) electrons. The summed E-state index contributed by atoms with van der Waals surface area (Å²) in [5, 5.41) is 11.6. The van der Waals surface area contributed by atoms with Crippen LogP contribution in [0.4, 0.5) is 0 Å². The van der Waals surface area contributed by atoms with Gasteiger partial charge in [0.2, 0.25) is 0 Å². The van der Waals surface area contributed by atoms with E-state index < -0.39 is 6.10 Å². The number of halogens is 1. The van der Waals surface area contributed by atoms with Gasteiger partial charge in [-0.2, -0.15) is 0 Å². The van der Waals surface area contributed by atoms with Crippen LogP contribution in [0.15, 0.2) is 24.4 Å². The summed E-state index contributed by atoms with van der Waals surface area (Å²) in [4.78, 5) is 4.94. The topological polar surface area (TPSA) is 42.4 Å². The van der Waals surface area contributed by atoms with Crippen LogP contribution < -0.4 is 4.74 Å². The van der Waals surface area contributed by atoms with Gasteiger partial charge in [0.25, 0.3) is 0 Å². The van der Waals surface area contributed by atoms with Crippen LogP contribution in [-0.2, 0) is 0 Å². The molecule has 1 heterocycles. The summed E-state index contributed by atoms with van der Waals surface area (Å²) >= 11 is 7.41. The number of aliphatic hydroxyl groups is 1. The van der Waals surface area contributed by atoms with Crippen LogP contribution in [0, 0.1) is 6.92 Å². The number of aromatic nitrogens is 1. The van der Waals surface area contributed by atoms with Crippen molar-refractivity contribution in [2.45, 2.75) is 13.0 Å². The van der Waals surface area contributed by atoms with Crippen molar-refractivity contribution in [1.82, 2.24) is 4.98 Å². The van der Waals surface area contributed by atoms with Crippen molar-refractivity contribution in [3.8, 4) is 5.75 Å². The molecular formula is C12H12ClNO2S. The summed E-state index contributed by atoms with van der Waals surface area (Å²) in [6.07, 6.45) is 0.999. The van der Waals surface area contributed by atoms with E-state index >= 15 is 0 Å². The Hall–Kier alpha value is -1.10. The van der Waals surface area contributed by atoms with Crippen LogP contribution in [-0.4, -0.2) is 17.2 Å². The first-order valence-electron chi connectivity index (χ1n) is 5.05. The predicted molar refractivity (Wildman–Crippen MR) is 68.9 cm³/mol. The SMILES string of the molecule is COc1cc(C(O)c2cnc(C)s2)ccc1Cl. The molecule has 1 atom stereocenters. The highest BCUT2D eigenvalue weighted by Crippen LogP contribution is 2.32. The summed E-state index contributed by atoms with van der Waals surface area (Å²) < 4.78 is 5.12. The van der Waals surface area contributed by atoms with E-state index in [2.05, 4.69) is 4.98 Å². The smallest absolute Gasteiger partial charge is 0.137 e. The van der Waals surface area contributed by atoms with Crippen molar-refractivity contribution in [1.29, 1.82) is 0 Å². The Morgan fingerprint density at radius 1 is 1.47 bits per heavy atom. The van der Waals surface area contributed by atoms with E-state index in [1.807, 2.05) is 6.92 Å². The second kappa shape index (κ2) is 5.04. The fraction of sp³-hybridized carbons (Fsp3) is 0.250. The van der Waals surface area contributed by atoms with Gasteiger partial charge >= 0.3 is 0 Å².